The number of anilines is 1. The maximum atomic E-state index is 11.5. The number of thioether (sulfide) groups is 1. The zero-order chi connectivity index (χ0) is 11.5. The van der Waals surface area contributed by atoms with E-state index in [0.717, 1.165) is 0 Å². The lowest BCUT2D eigenvalue weighted by Crippen LogP contribution is -2.18. The molecule has 0 unspecified atom stereocenters. The second-order valence-electron chi connectivity index (χ2n) is 3.17. The van der Waals surface area contributed by atoms with Crippen molar-refractivity contribution in [1.82, 2.24) is 10.2 Å². The minimum atomic E-state index is -2.96. The smallest absolute Gasteiger partial charge is 0.203 e. The predicted octanol–water partition coefficient (Wildman–Crippen LogP) is 1.04. The number of nitrogens with two attached hydrogens (primary N) is 1. The summed E-state index contributed by atoms with van der Waals surface area (Å²) in [4.78, 5) is 0. The summed E-state index contributed by atoms with van der Waals surface area (Å²) in [5.41, 5.74) is 5.40. The van der Waals surface area contributed by atoms with E-state index in [1.165, 1.54) is 23.1 Å². The first-order chi connectivity index (χ1) is 6.92. The van der Waals surface area contributed by atoms with Gasteiger partial charge in [0.1, 0.15) is 0 Å². The van der Waals surface area contributed by atoms with Crippen LogP contribution in [0.5, 0.6) is 0 Å². The fourth-order valence-corrected chi connectivity index (χ4v) is 3.85. The van der Waals surface area contributed by atoms with Gasteiger partial charge in [0.15, 0.2) is 14.2 Å². The van der Waals surface area contributed by atoms with E-state index in [4.69, 9.17) is 5.73 Å². The molecular weight excluding hydrogens is 254 g/mol. The third-order valence-electron chi connectivity index (χ3n) is 1.73. The molecule has 5 nitrogen and oxygen atoms in total. The number of nitrogen functional groups attached to an aromatic ring is 1. The standard InChI is InChI=1S/C7H13N3O2S3/c1-5(2)15(11,12)4-3-13-7-10-9-6(8)14-7/h5H,3-4H2,1-2H3,(H2,8,9). The number of rotatable bonds is 5. The van der Waals surface area contributed by atoms with Crippen LogP contribution in [0.2, 0.25) is 0 Å². The van der Waals surface area contributed by atoms with Gasteiger partial charge in [-0.3, -0.25) is 0 Å². The second kappa shape index (κ2) is 5.13. The molecule has 0 amide bonds. The van der Waals surface area contributed by atoms with Crippen LogP contribution in [0.4, 0.5) is 5.13 Å². The number of aromatic nitrogens is 2. The van der Waals surface area contributed by atoms with Crippen molar-refractivity contribution >= 4 is 38.1 Å². The van der Waals surface area contributed by atoms with Crippen LogP contribution in [-0.2, 0) is 9.84 Å². The Balaban J connectivity index is 2.40. The van der Waals surface area contributed by atoms with Crippen molar-refractivity contribution < 1.29 is 8.42 Å². The third-order valence-corrected chi connectivity index (χ3v) is 6.09. The van der Waals surface area contributed by atoms with Crippen LogP contribution < -0.4 is 5.73 Å². The lowest BCUT2D eigenvalue weighted by molar-refractivity contribution is 0.589. The Kier molecular flexibility index (Phi) is 4.35. The second-order valence-corrected chi connectivity index (χ2v) is 8.20. The first-order valence-electron chi connectivity index (χ1n) is 4.35. The van der Waals surface area contributed by atoms with Crippen LogP contribution in [0.25, 0.3) is 0 Å². The van der Waals surface area contributed by atoms with Gasteiger partial charge in [0, 0.05) is 5.75 Å². The van der Waals surface area contributed by atoms with E-state index in [1.54, 1.807) is 13.8 Å². The number of sulfone groups is 1. The van der Waals surface area contributed by atoms with Gasteiger partial charge in [-0.05, 0) is 13.8 Å². The average molecular weight is 267 g/mol. The van der Waals surface area contributed by atoms with Crippen molar-refractivity contribution in [3.63, 3.8) is 0 Å². The molecule has 15 heavy (non-hydrogen) atoms. The van der Waals surface area contributed by atoms with Crippen LogP contribution >= 0.6 is 23.1 Å². The summed E-state index contributed by atoms with van der Waals surface area (Å²) in [6.45, 7) is 3.37. The molecule has 0 aliphatic rings. The topological polar surface area (TPSA) is 85.9 Å². The van der Waals surface area contributed by atoms with Gasteiger partial charge < -0.3 is 5.73 Å². The van der Waals surface area contributed by atoms with E-state index < -0.39 is 9.84 Å². The highest BCUT2D eigenvalue weighted by Crippen LogP contribution is 2.23. The summed E-state index contributed by atoms with van der Waals surface area (Å²) in [5.74, 6) is 0.657. The Bertz CT molecular complexity index is 413. The van der Waals surface area contributed by atoms with E-state index in [9.17, 15) is 8.42 Å². The molecule has 8 heteroatoms. The van der Waals surface area contributed by atoms with E-state index >= 15 is 0 Å². The van der Waals surface area contributed by atoms with E-state index in [1.807, 2.05) is 0 Å². The highest BCUT2D eigenvalue weighted by Gasteiger charge is 2.16. The minimum Gasteiger partial charge on any atom is -0.374 e. The number of nitrogens with zero attached hydrogens (tertiary/aromatic N) is 2. The van der Waals surface area contributed by atoms with Crippen LogP contribution in [0.15, 0.2) is 4.34 Å². The number of hydrogen-bond donors (Lipinski definition) is 1. The summed E-state index contributed by atoms with van der Waals surface area (Å²) < 4.78 is 23.6. The predicted molar refractivity (Wildman–Crippen MR) is 64.0 cm³/mol. The summed E-state index contributed by atoms with van der Waals surface area (Å²) in [6.07, 6.45) is 0. The molecule has 1 heterocycles. The zero-order valence-corrected chi connectivity index (χ0v) is 11.0. The SMILES string of the molecule is CC(C)S(=O)(=O)CCSc1nnc(N)s1. The molecule has 0 spiro atoms. The fraction of sp³-hybridized carbons (Fsp3) is 0.714. The Morgan fingerprint density at radius 2 is 2.13 bits per heavy atom. The van der Waals surface area contributed by atoms with Crippen LogP contribution in [0.1, 0.15) is 13.8 Å². The molecule has 2 N–H and O–H groups in total. The molecule has 0 saturated carbocycles. The molecular formula is C7H13N3O2S3. The molecule has 0 saturated heterocycles. The molecule has 86 valence electrons. The Morgan fingerprint density at radius 1 is 1.47 bits per heavy atom. The first-order valence-corrected chi connectivity index (χ1v) is 7.87. The van der Waals surface area contributed by atoms with E-state index in [2.05, 4.69) is 10.2 Å². The zero-order valence-electron chi connectivity index (χ0n) is 8.50. The molecule has 0 bridgehead atoms. The third kappa shape index (κ3) is 3.96. The lowest BCUT2D eigenvalue weighted by atomic mass is 10.6. The van der Waals surface area contributed by atoms with Crippen LogP contribution in [0, 0.1) is 0 Å². The summed E-state index contributed by atoms with van der Waals surface area (Å²) in [7, 11) is -2.96. The van der Waals surface area contributed by atoms with Crippen molar-refractivity contribution in [1.29, 1.82) is 0 Å². The van der Waals surface area contributed by atoms with Gasteiger partial charge >= 0.3 is 0 Å². The summed E-state index contributed by atoms with van der Waals surface area (Å²) >= 11 is 2.64. The van der Waals surface area contributed by atoms with E-state index in [0.29, 0.717) is 15.2 Å². The first kappa shape index (κ1) is 12.7. The molecule has 0 aromatic carbocycles. The van der Waals surface area contributed by atoms with Gasteiger partial charge in [0.2, 0.25) is 5.13 Å². The maximum absolute atomic E-state index is 11.5. The molecule has 0 atom stereocenters. The Hall–Kier alpha value is -0.340. The summed E-state index contributed by atoms with van der Waals surface area (Å²) in [6, 6.07) is 0. The lowest BCUT2D eigenvalue weighted by Gasteiger charge is -2.05. The Morgan fingerprint density at radius 3 is 2.60 bits per heavy atom. The average Bonchev–Trinajstić information content (AvgIpc) is 2.51. The normalized spacial score (nSPS) is 12.2. The molecule has 1 aromatic rings. The van der Waals surface area contributed by atoms with Crippen molar-refractivity contribution in [2.75, 3.05) is 17.2 Å². The highest BCUT2D eigenvalue weighted by molar-refractivity contribution is 8.02. The maximum Gasteiger partial charge on any atom is 0.203 e. The van der Waals surface area contributed by atoms with E-state index in [-0.39, 0.29) is 11.0 Å². The highest BCUT2D eigenvalue weighted by atomic mass is 32.2. The quantitative estimate of drug-likeness (QED) is 0.802. The van der Waals surface area contributed by atoms with Gasteiger partial charge in [0.05, 0.1) is 11.0 Å². The molecule has 0 aliphatic heterocycles. The van der Waals surface area contributed by atoms with Gasteiger partial charge in [0.25, 0.3) is 0 Å². The largest absolute Gasteiger partial charge is 0.374 e. The minimum absolute atomic E-state index is 0.162. The molecule has 1 rings (SSSR count). The van der Waals surface area contributed by atoms with Crippen molar-refractivity contribution in [2.45, 2.75) is 23.4 Å². The van der Waals surface area contributed by atoms with Crippen LogP contribution in [-0.4, -0.2) is 35.4 Å². The fourth-order valence-electron chi connectivity index (χ4n) is 0.760. The number of hydrogen-bond acceptors (Lipinski definition) is 7. The Labute approximate surface area is 97.4 Å². The van der Waals surface area contributed by atoms with Gasteiger partial charge in [-0.15, -0.1) is 10.2 Å². The van der Waals surface area contributed by atoms with Crippen molar-refractivity contribution in [3.8, 4) is 0 Å². The molecule has 1 aromatic heterocycles. The molecule has 0 aliphatic carbocycles. The van der Waals surface area contributed by atoms with Crippen molar-refractivity contribution in [3.05, 3.63) is 0 Å². The van der Waals surface area contributed by atoms with Gasteiger partial charge in [-0.2, -0.15) is 0 Å². The van der Waals surface area contributed by atoms with Crippen LogP contribution in [0.3, 0.4) is 0 Å². The molecule has 0 fully saturated rings. The monoisotopic (exact) mass is 267 g/mol. The summed E-state index contributed by atoms with van der Waals surface area (Å²) in [5, 5.41) is 7.52. The molecule has 0 radical (unpaired) electrons. The van der Waals surface area contributed by atoms with Gasteiger partial charge in [-0.25, -0.2) is 8.42 Å². The van der Waals surface area contributed by atoms with Crippen molar-refractivity contribution in [2.24, 2.45) is 0 Å². The van der Waals surface area contributed by atoms with Gasteiger partial charge in [-0.1, -0.05) is 23.1 Å².